The Kier molecular flexibility index (Phi) is 3.55. The molecule has 1 aromatic heterocycles. The van der Waals surface area contributed by atoms with Crippen molar-refractivity contribution in [2.75, 3.05) is 0 Å². The van der Waals surface area contributed by atoms with Crippen molar-refractivity contribution in [3.05, 3.63) is 84.2 Å². The average molecular weight is 371 g/mol. The molecule has 0 spiro atoms. The highest BCUT2D eigenvalue weighted by molar-refractivity contribution is 6.22. The molecule has 0 radical (unpaired) electrons. The Morgan fingerprint density at radius 2 is 1.71 bits per heavy atom. The molecule has 1 heterocycles. The minimum Gasteiger partial charge on any atom is -0.507 e. The van der Waals surface area contributed by atoms with Gasteiger partial charge in [-0.2, -0.15) is 0 Å². The molecular weight excluding hydrogens is 357 g/mol. The van der Waals surface area contributed by atoms with Gasteiger partial charge in [0.25, 0.3) is 0 Å². The fourth-order valence-electron chi connectivity index (χ4n) is 3.60. The number of rotatable bonds is 2. The molecule has 5 rings (SSSR count). The van der Waals surface area contributed by atoms with Crippen molar-refractivity contribution in [2.45, 2.75) is 0 Å². The molecule has 136 valence electrons. The molecule has 5 aromatic rings. The van der Waals surface area contributed by atoms with Gasteiger partial charge < -0.3 is 14.8 Å². The van der Waals surface area contributed by atoms with Crippen molar-refractivity contribution >= 4 is 38.5 Å². The molecule has 0 aliphatic heterocycles. The molecule has 0 saturated carbocycles. The highest BCUT2D eigenvalue weighted by atomic mass is 19.1. The summed E-state index contributed by atoms with van der Waals surface area (Å²) in [6.45, 7) is 0. The Morgan fingerprint density at radius 1 is 0.929 bits per heavy atom. The van der Waals surface area contributed by atoms with Crippen molar-refractivity contribution in [2.24, 2.45) is 0 Å². The van der Waals surface area contributed by atoms with E-state index in [4.69, 9.17) is 4.74 Å². The number of aromatic hydroxyl groups is 1. The van der Waals surface area contributed by atoms with Gasteiger partial charge in [0.05, 0.1) is 5.52 Å². The normalized spacial score (nSPS) is 11.3. The third-order valence-corrected chi connectivity index (χ3v) is 4.85. The first-order valence-electron chi connectivity index (χ1n) is 8.75. The van der Waals surface area contributed by atoms with Gasteiger partial charge in [-0.15, -0.1) is 0 Å². The molecule has 4 aromatic carbocycles. The van der Waals surface area contributed by atoms with E-state index in [-0.39, 0.29) is 17.1 Å². The molecule has 0 atom stereocenters. The number of nitrogens with one attached hydrogen (secondary N) is 1. The van der Waals surface area contributed by atoms with E-state index >= 15 is 0 Å². The Morgan fingerprint density at radius 3 is 2.54 bits per heavy atom. The summed E-state index contributed by atoms with van der Waals surface area (Å²) < 4.78 is 19.2. The van der Waals surface area contributed by atoms with Gasteiger partial charge >= 0.3 is 5.97 Å². The van der Waals surface area contributed by atoms with Crippen LogP contribution in [0.3, 0.4) is 0 Å². The SMILES string of the molecule is O=C(Oc1ccccc1)c1c(O)ccc2ccc3c4cc(F)ccc4[nH]c3c12. The number of aromatic nitrogens is 1. The molecule has 2 N–H and O–H groups in total. The standard InChI is InChI=1S/C23H14FNO3/c24-14-8-10-18-17(12-14)16-9-6-13-7-11-19(26)21(20(13)22(16)25-18)23(27)28-15-4-2-1-3-5-15/h1-12,25-26H. The minimum atomic E-state index is -0.661. The number of fused-ring (bicyclic) bond motifs is 5. The van der Waals surface area contributed by atoms with Gasteiger partial charge in [-0.25, -0.2) is 9.18 Å². The minimum absolute atomic E-state index is 0.0685. The number of phenols is 1. The maximum atomic E-state index is 13.7. The molecule has 4 nitrogen and oxygen atoms in total. The summed E-state index contributed by atoms with van der Waals surface area (Å²) in [4.78, 5) is 16.2. The summed E-state index contributed by atoms with van der Waals surface area (Å²) in [5, 5.41) is 13.2. The van der Waals surface area contributed by atoms with Gasteiger partial charge in [-0.05, 0) is 41.8 Å². The van der Waals surface area contributed by atoms with Crippen molar-refractivity contribution in [3.63, 3.8) is 0 Å². The number of halogens is 1. The number of aromatic amines is 1. The summed E-state index contributed by atoms with van der Waals surface area (Å²) in [7, 11) is 0. The Balaban J connectivity index is 1.80. The lowest BCUT2D eigenvalue weighted by Gasteiger charge is -2.10. The summed E-state index contributed by atoms with van der Waals surface area (Å²) in [6.07, 6.45) is 0. The number of esters is 1. The second-order valence-corrected chi connectivity index (χ2v) is 6.56. The van der Waals surface area contributed by atoms with Crippen LogP contribution in [0.25, 0.3) is 32.6 Å². The summed E-state index contributed by atoms with van der Waals surface area (Å²) in [6, 6.07) is 20.1. The van der Waals surface area contributed by atoms with Crippen LogP contribution in [0.5, 0.6) is 11.5 Å². The zero-order valence-electron chi connectivity index (χ0n) is 14.6. The zero-order valence-corrected chi connectivity index (χ0v) is 14.6. The predicted molar refractivity (Wildman–Crippen MR) is 106 cm³/mol. The van der Waals surface area contributed by atoms with E-state index in [0.29, 0.717) is 22.0 Å². The lowest BCUT2D eigenvalue weighted by molar-refractivity contribution is 0.0734. The molecule has 0 aliphatic rings. The van der Waals surface area contributed by atoms with Crippen LogP contribution >= 0.6 is 0 Å². The third kappa shape index (κ3) is 2.48. The van der Waals surface area contributed by atoms with Crippen LogP contribution in [0.1, 0.15) is 10.4 Å². The van der Waals surface area contributed by atoms with E-state index in [2.05, 4.69) is 4.98 Å². The fraction of sp³-hybridized carbons (Fsp3) is 0. The average Bonchev–Trinajstić information content (AvgIpc) is 3.06. The molecular formula is C23H14FNO3. The van der Waals surface area contributed by atoms with Crippen LogP contribution in [0.15, 0.2) is 72.8 Å². The van der Waals surface area contributed by atoms with Crippen LogP contribution < -0.4 is 4.74 Å². The number of carbonyl (C=O) groups excluding carboxylic acids is 1. The molecule has 0 bridgehead atoms. The van der Waals surface area contributed by atoms with E-state index in [1.54, 1.807) is 36.4 Å². The second kappa shape index (κ2) is 6.09. The van der Waals surface area contributed by atoms with Gasteiger partial charge in [0.1, 0.15) is 22.9 Å². The predicted octanol–water partition coefficient (Wildman–Crippen LogP) is 5.54. The number of hydrogen-bond donors (Lipinski definition) is 2. The summed E-state index contributed by atoms with van der Waals surface area (Å²) in [5.74, 6) is -0.791. The van der Waals surface area contributed by atoms with Crippen molar-refractivity contribution in [1.82, 2.24) is 4.98 Å². The molecule has 5 heteroatoms. The topological polar surface area (TPSA) is 62.3 Å². The van der Waals surface area contributed by atoms with Gasteiger partial charge in [0.15, 0.2) is 0 Å². The smallest absolute Gasteiger partial charge is 0.348 e. The summed E-state index contributed by atoms with van der Waals surface area (Å²) in [5.41, 5.74) is 1.46. The van der Waals surface area contributed by atoms with E-state index in [9.17, 15) is 14.3 Å². The molecule has 0 aliphatic carbocycles. The van der Waals surface area contributed by atoms with Gasteiger partial charge in [0, 0.05) is 21.7 Å². The van der Waals surface area contributed by atoms with Crippen LogP contribution in [-0.4, -0.2) is 16.1 Å². The van der Waals surface area contributed by atoms with Crippen LogP contribution in [-0.2, 0) is 0 Å². The quantitative estimate of drug-likeness (QED) is 0.316. The van der Waals surface area contributed by atoms with Gasteiger partial charge in [-0.1, -0.05) is 36.4 Å². The maximum Gasteiger partial charge on any atom is 0.348 e. The zero-order chi connectivity index (χ0) is 19.3. The highest BCUT2D eigenvalue weighted by Gasteiger charge is 2.21. The molecule has 0 saturated heterocycles. The maximum absolute atomic E-state index is 13.7. The van der Waals surface area contributed by atoms with E-state index < -0.39 is 5.97 Å². The first kappa shape index (κ1) is 16.3. The Hall–Kier alpha value is -3.86. The van der Waals surface area contributed by atoms with Crippen LogP contribution in [0.4, 0.5) is 4.39 Å². The summed E-state index contributed by atoms with van der Waals surface area (Å²) >= 11 is 0. The van der Waals surface area contributed by atoms with E-state index in [0.717, 1.165) is 16.3 Å². The number of ether oxygens (including phenoxy) is 1. The lowest BCUT2D eigenvalue weighted by Crippen LogP contribution is -2.09. The van der Waals surface area contributed by atoms with Gasteiger partial charge in [0.2, 0.25) is 0 Å². The van der Waals surface area contributed by atoms with E-state index in [1.807, 2.05) is 18.2 Å². The van der Waals surface area contributed by atoms with Crippen molar-refractivity contribution in [1.29, 1.82) is 0 Å². The molecule has 0 unspecified atom stereocenters. The number of hydrogen-bond acceptors (Lipinski definition) is 3. The molecule has 0 fully saturated rings. The van der Waals surface area contributed by atoms with Crippen LogP contribution in [0, 0.1) is 5.82 Å². The van der Waals surface area contributed by atoms with E-state index in [1.165, 1.54) is 18.2 Å². The molecule has 28 heavy (non-hydrogen) atoms. The first-order valence-corrected chi connectivity index (χ1v) is 8.75. The second-order valence-electron chi connectivity index (χ2n) is 6.56. The fourth-order valence-corrected chi connectivity index (χ4v) is 3.60. The number of phenolic OH excluding ortho intramolecular Hbond substituents is 1. The first-order chi connectivity index (χ1) is 13.6. The largest absolute Gasteiger partial charge is 0.507 e. The van der Waals surface area contributed by atoms with Gasteiger partial charge in [-0.3, -0.25) is 0 Å². The third-order valence-electron chi connectivity index (χ3n) is 4.85. The number of para-hydroxylation sites is 1. The Labute approximate surface area is 158 Å². The lowest BCUT2D eigenvalue weighted by atomic mass is 10.00. The van der Waals surface area contributed by atoms with Crippen molar-refractivity contribution < 1.29 is 19.0 Å². The monoisotopic (exact) mass is 371 g/mol. The molecule has 0 amide bonds. The number of benzene rings is 4. The number of H-pyrrole nitrogens is 1. The van der Waals surface area contributed by atoms with Crippen LogP contribution in [0.2, 0.25) is 0 Å². The van der Waals surface area contributed by atoms with Crippen molar-refractivity contribution in [3.8, 4) is 11.5 Å². The highest BCUT2D eigenvalue weighted by Crippen LogP contribution is 2.36. The Bertz CT molecular complexity index is 1370. The number of carbonyl (C=O) groups is 1.